The highest BCUT2D eigenvalue weighted by atomic mass is 16.5. The number of hydrogen-bond donors (Lipinski definition) is 1. The first-order chi connectivity index (χ1) is 7.53. The number of aliphatic hydroxyl groups is 1. The molecule has 0 radical (unpaired) electrons. The van der Waals surface area contributed by atoms with Crippen LogP contribution in [0.4, 0.5) is 0 Å². The minimum absolute atomic E-state index is 0.211. The summed E-state index contributed by atoms with van der Waals surface area (Å²) in [4.78, 5) is 12.2. The molecule has 4 nitrogen and oxygen atoms in total. The van der Waals surface area contributed by atoms with E-state index < -0.39 is 0 Å². The number of rotatable bonds is 4. The fraction of sp³-hybridized carbons (Fsp3) is 0.917. The molecule has 0 unspecified atom stereocenters. The molecule has 100 valence electrons. The Morgan fingerprint density at radius 3 is 1.38 bits per heavy atom. The molecular weight excluding hydrogens is 206 g/mol. The van der Waals surface area contributed by atoms with Gasteiger partial charge >= 0.3 is 5.97 Å². The van der Waals surface area contributed by atoms with E-state index in [0.717, 1.165) is 0 Å². The van der Waals surface area contributed by atoms with E-state index in [4.69, 9.17) is 5.11 Å². The van der Waals surface area contributed by atoms with Crippen LogP contribution >= 0.6 is 0 Å². The Balaban J connectivity index is -0.000000172. The summed E-state index contributed by atoms with van der Waals surface area (Å²) in [6.07, 6.45) is 0. The molecule has 1 N–H and O–H groups in total. The molecule has 0 aliphatic carbocycles. The van der Waals surface area contributed by atoms with Crippen LogP contribution < -0.4 is 0 Å². The van der Waals surface area contributed by atoms with Crippen molar-refractivity contribution >= 4 is 5.97 Å². The SMILES string of the molecule is CCN(CC)CC.CCO.CCOC(C)=O. The average molecular weight is 235 g/mol. The molecule has 0 saturated heterocycles. The van der Waals surface area contributed by atoms with E-state index in [9.17, 15) is 4.79 Å². The van der Waals surface area contributed by atoms with Crippen molar-refractivity contribution in [2.75, 3.05) is 32.8 Å². The smallest absolute Gasteiger partial charge is 0.302 e. The van der Waals surface area contributed by atoms with Crippen molar-refractivity contribution < 1.29 is 14.6 Å². The summed E-state index contributed by atoms with van der Waals surface area (Å²) in [5, 5.41) is 7.57. The second kappa shape index (κ2) is 19.9. The number of ether oxygens (including phenoxy) is 1. The number of hydrogen-bond acceptors (Lipinski definition) is 4. The van der Waals surface area contributed by atoms with Gasteiger partial charge in [-0.2, -0.15) is 0 Å². The third-order valence-corrected chi connectivity index (χ3v) is 1.69. The van der Waals surface area contributed by atoms with Gasteiger partial charge in [0.1, 0.15) is 0 Å². The predicted octanol–water partition coefficient (Wildman–Crippen LogP) is 1.92. The van der Waals surface area contributed by atoms with Crippen molar-refractivity contribution in [2.24, 2.45) is 0 Å². The van der Waals surface area contributed by atoms with E-state index in [1.165, 1.54) is 26.6 Å². The molecule has 0 saturated carbocycles. The lowest BCUT2D eigenvalue weighted by atomic mass is 10.5. The Kier molecular flexibility index (Phi) is 25.8. The van der Waals surface area contributed by atoms with Crippen LogP contribution in [0.5, 0.6) is 0 Å². The Morgan fingerprint density at radius 1 is 1.06 bits per heavy atom. The van der Waals surface area contributed by atoms with Crippen LogP contribution in [-0.4, -0.2) is 48.8 Å². The van der Waals surface area contributed by atoms with Gasteiger partial charge in [0.15, 0.2) is 0 Å². The molecule has 0 spiro atoms. The molecule has 0 rings (SSSR count). The topological polar surface area (TPSA) is 49.8 Å². The van der Waals surface area contributed by atoms with Gasteiger partial charge in [0, 0.05) is 13.5 Å². The van der Waals surface area contributed by atoms with Crippen LogP contribution in [0.3, 0.4) is 0 Å². The Labute approximate surface area is 101 Å². The third-order valence-electron chi connectivity index (χ3n) is 1.69. The van der Waals surface area contributed by atoms with E-state index in [2.05, 4.69) is 30.4 Å². The zero-order valence-corrected chi connectivity index (χ0v) is 11.7. The van der Waals surface area contributed by atoms with Crippen molar-refractivity contribution in [1.29, 1.82) is 0 Å². The number of carbonyl (C=O) groups excluding carboxylic acids is 1. The second-order valence-electron chi connectivity index (χ2n) is 2.86. The van der Waals surface area contributed by atoms with Crippen molar-refractivity contribution in [3.05, 3.63) is 0 Å². The molecule has 0 aromatic heterocycles. The molecule has 0 bridgehead atoms. The predicted molar refractivity (Wildman–Crippen MR) is 68.5 cm³/mol. The van der Waals surface area contributed by atoms with Crippen LogP contribution in [0.1, 0.15) is 41.5 Å². The number of carbonyl (C=O) groups is 1. The summed E-state index contributed by atoms with van der Waals surface area (Å²) in [6.45, 7) is 15.7. The Hall–Kier alpha value is -0.610. The molecule has 0 aliphatic rings. The van der Waals surface area contributed by atoms with Gasteiger partial charge < -0.3 is 14.7 Å². The first-order valence-electron chi connectivity index (χ1n) is 6.00. The van der Waals surface area contributed by atoms with Gasteiger partial charge in [0.2, 0.25) is 0 Å². The first kappa shape index (κ1) is 20.8. The molecule has 0 aromatic rings. The third kappa shape index (κ3) is 29.2. The van der Waals surface area contributed by atoms with Gasteiger partial charge in [-0.15, -0.1) is 0 Å². The minimum Gasteiger partial charge on any atom is -0.466 e. The molecule has 0 aliphatic heterocycles. The van der Waals surface area contributed by atoms with Gasteiger partial charge in [0.05, 0.1) is 6.61 Å². The number of nitrogens with zero attached hydrogens (tertiary/aromatic N) is 1. The zero-order chi connectivity index (χ0) is 13.4. The standard InChI is InChI=1S/C6H15N.C4H8O2.C2H6O/c1-4-7(5-2)6-3;1-3-6-4(2)5;1-2-3/h4-6H2,1-3H3;3H2,1-2H3;3H,2H2,1H3. The Morgan fingerprint density at radius 2 is 1.38 bits per heavy atom. The van der Waals surface area contributed by atoms with Gasteiger partial charge in [-0.05, 0) is 33.5 Å². The van der Waals surface area contributed by atoms with E-state index in [-0.39, 0.29) is 12.6 Å². The van der Waals surface area contributed by atoms with E-state index in [0.29, 0.717) is 6.61 Å². The van der Waals surface area contributed by atoms with Crippen molar-refractivity contribution in [3.63, 3.8) is 0 Å². The lowest BCUT2D eigenvalue weighted by Crippen LogP contribution is -2.21. The average Bonchev–Trinajstić information content (AvgIpc) is 2.22. The Bertz CT molecular complexity index is 120. The lowest BCUT2D eigenvalue weighted by molar-refractivity contribution is -0.140. The van der Waals surface area contributed by atoms with Gasteiger partial charge in [-0.1, -0.05) is 20.8 Å². The van der Waals surface area contributed by atoms with Crippen LogP contribution in [0, 0.1) is 0 Å². The molecule has 4 heteroatoms. The summed E-state index contributed by atoms with van der Waals surface area (Å²) in [6, 6.07) is 0. The maximum atomic E-state index is 9.82. The summed E-state index contributed by atoms with van der Waals surface area (Å²) in [7, 11) is 0. The largest absolute Gasteiger partial charge is 0.466 e. The molecule has 0 fully saturated rings. The van der Waals surface area contributed by atoms with E-state index >= 15 is 0 Å². The first-order valence-corrected chi connectivity index (χ1v) is 6.00. The monoisotopic (exact) mass is 235 g/mol. The highest BCUT2D eigenvalue weighted by Crippen LogP contribution is 1.81. The number of aliphatic hydroxyl groups excluding tert-OH is 1. The quantitative estimate of drug-likeness (QED) is 0.756. The van der Waals surface area contributed by atoms with Crippen LogP contribution in [0.2, 0.25) is 0 Å². The highest BCUT2D eigenvalue weighted by Gasteiger charge is 1.89. The lowest BCUT2D eigenvalue weighted by Gasteiger charge is -2.13. The summed E-state index contributed by atoms with van der Waals surface area (Å²) < 4.78 is 4.40. The van der Waals surface area contributed by atoms with Gasteiger partial charge in [-0.3, -0.25) is 4.79 Å². The van der Waals surface area contributed by atoms with Crippen molar-refractivity contribution in [2.45, 2.75) is 41.5 Å². The number of esters is 1. The van der Waals surface area contributed by atoms with Crippen LogP contribution in [0.15, 0.2) is 0 Å². The van der Waals surface area contributed by atoms with Crippen molar-refractivity contribution in [1.82, 2.24) is 4.90 Å². The molecule has 0 heterocycles. The van der Waals surface area contributed by atoms with E-state index in [1.54, 1.807) is 13.8 Å². The summed E-state index contributed by atoms with van der Waals surface area (Å²) in [5.74, 6) is -0.211. The fourth-order valence-corrected chi connectivity index (χ4v) is 0.874. The van der Waals surface area contributed by atoms with E-state index in [1.807, 2.05) is 0 Å². The zero-order valence-electron chi connectivity index (χ0n) is 11.7. The summed E-state index contributed by atoms with van der Waals surface area (Å²) >= 11 is 0. The molecular formula is C12H29NO3. The maximum absolute atomic E-state index is 9.82. The molecule has 0 amide bonds. The normalized spacial score (nSPS) is 8.50. The van der Waals surface area contributed by atoms with Crippen molar-refractivity contribution in [3.8, 4) is 0 Å². The second-order valence-corrected chi connectivity index (χ2v) is 2.86. The summed E-state index contributed by atoms with van der Waals surface area (Å²) in [5.41, 5.74) is 0. The molecule has 0 aromatic carbocycles. The van der Waals surface area contributed by atoms with Gasteiger partial charge in [-0.25, -0.2) is 0 Å². The molecule has 16 heavy (non-hydrogen) atoms. The van der Waals surface area contributed by atoms with Crippen LogP contribution in [-0.2, 0) is 9.53 Å². The van der Waals surface area contributed by atoms with Crippen LogP contribution in [0.25, 0.3) is 0 Å². The van der Waals surface area contributed by atoms with Gasteiger partial charge in [0.25, 0.3) is 0 Å². The minimum atomic E-state index is -0.211. The fourth-order valence-electron chi connectivity index (χ4n) is 0.874. The molecule has 0 atom stereocenters. The maximum Gasteiger partial charge on any atom is 0.302 e. The highest BCUT2D eigenvalue weighted by molar-refractivity contribution is 5.65.